The molecule has 0 heterocycles. The fourth-order valence-corrected chi connectivity index (χ4v) is 1.09. The van der Waals surface area contributed by atoms with Gasteiger partial charge in [0.15, 0.2) is 5.78 Å². The summed E-state index contributed by atoms with van der Waals surface area (Å²) in [5, 5.41) is 8.65. The van der Waals surface area contributed by atoms with E-state index in [2.05, 4.69) is 0 Å². The number of hydrogen-bond acceptors (Lipinski definition) is 2. The lowest BCUT2D eigenvalue weighted by Crippen LogP contribution is -2.06. The van der Waals surface area contributed by atoms with Crippen LogP contribution in [0.2, 0.25) is 0 Å². The number of benzene rings is 1. The second-order valence-corrected chi connectivity index (χ2v) is 2.73. The number of Topliss-reactive ketones (excluding diaryl/α,β-unsaturated/α-hetero) is 1. The Morgan fingerprint density at radius 1 is 1.62 bits per heavy atom. The highest BCUT2D eigenvalue weighted by Crippen LogP contribution is 2.16. The van der Waals surface area contributed by atoms with Crippen LogP contribution in [0.3, 0.4) is 0 Å². The molecule has 13 heavy (non-hydrogen) atoms. The van der Waals surface area contributed by atoms with E-state index in [0.29, 0.717) is 5.56 Å². The summed E-state index contributed by atoms with van der Waals surface area (Å²) in [5.41, 5.74) is 0.412. The number of carbonyl (C=O) groups excluding carboxylic acids is 1. The molecule has 1 atom stereocenters. The van der Waals surface area contributed by atoms with Crippen LogP contribution in [0.5, 0.6) is 0 Å². The maximum absolute atomic E-state index is 12.7. The van der Waals surface area contributed by atoms with Crippen LogP contribution >= 0.6 is 0 Å². The van der Waals surface area contributed by atoms with Crippen molar-refractivity contribution in [3.63, 3.8) is 0 Å². The molecule has 0 spiro atoms. The third-order valence-electron chi connectivity index (χ3n) is 1.72. The molecule has 0 bridgehead atoms. The van der Waals surface area contributed by atoms with E-state index in [1.807, 2.05) is 6.07 Å². The van der Waals surface area contributed by atoms with E-state index >= 15 is 0 Å². The smallest absolute Gasteiger partial charge is 0.151 e. The zero-order chi connectivity index (χ0) is 9.84. The quantitative estimate of drug-likeness (QED) is 0.693. The van der Waals surface area contributed by atoms with Gasteiger partial charge in [0, 0.05) is 0 Å². The summed E-state index contributed by atoms with van der Waals surface area (Å²) in [5.74, 6) is -1.55. The number of halogens is 1. The second-order valence-electron chi connectivity index (χ2n) is 2.73. The fraction of sp³-hybridized carbons (Fsp3) is 0.200. The summed E-state index contributed by atoms with van der Waals surface area (Å²) in [4.78, 5) is 10.9. The minimum absolute atomic E-state index is 0.270. The molecule has 0 aliphatic rings. The number of ketones is 1. The van der Waals surface area contributed by atoms with E-state index < -0.39 is 11.7 Å². The monoisotopic (exact) mass is 177 g/mol. The predicted molar refractivity (Wildman–Crippen MR) is 45.4 cm³/mol. The number of nitrogens with zero attached hydrogens (tertiary/aromatic N) is 1. The SMILES string of the molecule is CC(=O)[C@@H](C#N)c1cccc(F)c1. The molecular weight excluding hydrogens is 169 g/mol. The molecule has 2 nitrogen and oxygen atoms in total. The zero-order valence-electron chi connectivity index (χ0n) is 7.12. The van der Waals surface area contributed by atoms with Gasteiger partial charge < -0.3 is 0 Å². The van der Waals surface area contributed by atoms with Gasteiger partial charge in [0.25, 0.3) is 0 Å². The molecule has 0 saturated heterocycles. The summed E-state index contributed by atoms with van der Waals surface area (Å²) < 4.78 is 12.7. The molecule has 66 valence electrons. The summed E-state index contributed by atoms with van der Waals surface area (Å²) in [7, 11) is 0. The van der Waals surface area contributed by atoms with Gasteiger partial charge >= 0.3 is 0 Å². The van der Waals surface area contributed by atoms with E-state index in [0.717, 1.165) is 0 Å². The third-order valence-corrected chi connectivity index (χ3v) is 1.72. The van der Waals surface area contributed by atoms with Gasteiger partial charge in [-0.2, -0.15) is 5.26 Å². The Balaban J connectivity index is 3.07. The van der Waals surface area contributed by atoms with Gasteiger partial charge in [-0.1, -0.05) is 12.1 Å². The van der Waals surface area contributed by atoms with Gasteiger partial charge in [-0.05, 0) is 24.6 Å². The first-order valence-electron chi connectivity index (χ1n) is 3.80. The minimum Gasteiger partial charge on any atom is -0.298 e. The Morgan fingerprint density at radius 3 is 2.77 bits per heavy atom. The maximum atomic E-state index is 12.7. The fourth-order valence-electron chi connectivity index (χ4n) is 1.09. The van der Waals surface area contributed by atoms with Gasteiger partial charge in [0.2, 0.25) is 0 Å². The summed E-state index contributed by atoms with van der Waals surface area (Å²) in [6.07, 6.45) is 0. The molecule has 0 unspecified atom stereocenters. The topological polar surface area (TPSA) is 40.9 Å². The molecule has 1 aromatic carbocycles. The van der Waals surface area contributed by atoms with Crippen molar-refractivity contribution in [1.29, 1.82) is 5.26 Å². The van der Waals surface area contributed by atoms with Crippen LogP contribution in [-0.4, -0.2) is 5.78 Å². The molecule has 3 heteroatoms. The first-order chi connectivity index (χ1) is 6.15. The normalized spacial score (nSPS) is 11.8. The highest BCUT2D eigenvalue weighted by atomic mass is 19.1. The number of hydrogen-bond donors (Lipinski definition) is 0. The highest BCUT2D eigenvalue weighted by molar-refractivity contribution is 5.86. The Hall–Kier alpha value is -1.69. The summed E-state index contributed by atoms with van der Waals surface area (Å²) in [6, 6.07) is 7.36. The molecule has 0 N–H and O–H groups in total. The van der Waals surface area contributed by atoms with E-state index in [9.17, 15) is 9.18 Å². The lowest BCUT2D eigenvalue weighted by atomic mass is 9.97. The van der Waals surface area contributed by atoms with Crippen molar-refractivity contribution in [2.24, 2.45) is 0 Å². The van der Waals surface area contributed by atoms with E-state index in [4.69, 9.17) is 5.26 Å². The number of rotatable bonds is 2. The van der Waals surface area contributed by atoms with Gasteiger partial charge in [-0.25, -0.2) is 4.39 Å². The van der Waals surface area contributed by atoms with Crippen molar-refractivity contribution in [2.45, 2.75) is 12.8 Å². The van der Waals surface area contributed by atoms with Crippen LogP contribution in [0.4, 0.5) is 4.39 Å². The molecule has 0 radical (unpaired) electrons. The highest BCUT2D eigenvalue weighted by Gasteiger charge is 2.15. The Labute approximate surface area is 75.6 Å². The summed E-state index contributed by atoms with van der Waals surface area (Å²) >= 11 is 0. The summed E-state index contributed by atoms with van der Waals surface area (Å²) in [6.45, 7) is 1.32. The molecular formula is C10H8FNO. The van der Waals surface area contributed by atoms with Crippen molar-refractivity contribution in [1.82, 2.24) is 0 Å². The largest absolute Gasteiger partial charge is 0.298 e. The lowest BCUT2D eigenvalue weighted by Gasteiger charge is -2.04. The van der Waals surface area contributed by atoms with E-state index in [-0.39, 0.29) is 5.78 Å². The number of carbonyl (C=O) groups is 1. The van der Waals surface area contributed by atoms with Crippen molar-refractivity contribution in [2.75, 3.05) is 0 Å². The lowest BCUT2D eigenvalue weighted by molar-refractivity contribution is -0.117. The van der Waals surface area contributed by atoms with Gasteiger partial charge in [0.1, 0.15) is 11.7 Å². The Morgan fingerprint density at radius 2 is 2.31 bits per heavy atom. The van der Waals surface area contributed by atoms with Gasteiger partial charge in [-0.15, -0.1) is 0 Å². The molecule has 0 saturated carbocycles. The molecule has 0 fully saturated rings. The average Bonchev–Trinajstić information content (AvgIpc) is 2.04. The third kappa shape index (κ3) is 2.12. The zero-order valence-corrected chi connectivity index (χ0v) is 7.12. The minimum atomic E-state index is -0.851. The van der Waals surface area contributed by atoms with Gasteiger partial charge in [0.05, 0.1) is 6.07 Å². The predicted octanol–water partition coefficient (Wildman–Crippen LogP) is 2.02. The van der Waals surface area contributed by atoms with Crippen molar-refractivity contribution in [3.05, 3.63) is 35.6 Å². The van der Waals surface area contributed by atoms with Crippen molar-refractivity contribution in [3.8, 4) is 6.07 Å². The molecule has 0 aliphatic heterocycles. The van der Waals surface area contributed by atoms with Crippen LogP contribution in [0.1, 0.15) is 18.4 Å². The van der Waals surface area contributed by atoms with Crippen molar-refractivity contribution < 1.29 is 9.18 Å². The molecule has 0 aliphatic carbocycles. The first-order valence-corrected chi connectivity index (χ1v) is 3.80. The van der Waals surface area contributed by atoms with E-state index in [1.54, 1.807) is 6.07 Å². The Bertz CT molecular complexity index is 367. The van der Waals surface area contributed by atoms with E-state index in [1.165, 1.54) is 25.1 Å². The Kier molecular flexibility index (Phi) is 2.76. The molecule has 1 rings (SSSR count). The molecule has 0 aromatic heterocycles. The molecule has 0 amide bonds. The van der Waals surface area contributed by atoms with Crippen LogP contribution in [0, 0.1) is 17.1 Å². The first kappa shape index (κ1) is 9.40. The van der Waals surface area contributed by atoms with Crippen molar-refractivity contribution >= 4 is 5.78 Å². The van der Waals surface area contributed by atoms with Crippen LogP contribution < -0.4 is 0 Å². The second kappa shape index (κ2) is 3.81. The molecule has 1 aromatic rings. The van der Waals surface area contributed by atoms with Crippen LogP contribution in [0.25, 0.3) is 0 Å². The standard InChI is InChI=1S/C10H8FNO/c1-7(13)10(6-12)8-3-2-4-9(11)5-8/h2-5,10H,1H3/t10-/m1/s1. The average molecular weight is 177 g/mol. The number of nitriles is 1. The maximum Gasteiger partial charge on any atom is 0.151 e. The van der Waals surface area contributed by atoms with Gasteiger partial charge in [-0.3, -0.25) is 4.79 Å². The van der Waals surface area contributed by atoms with Crippen LogP contribution in [-0.2, 0) is 4.79 Å². The van der Waals surface area contributed by atoms with Crippen LogP contribution in [0.15, 0.2) is 24.3 Å².